The van der Waals surface area contributed by atoms with E-state index in [2.05, 4.69) is 84.9 Å². The number of aliphatic hydroxyl groups is 5. The van der Waals surface area contributed by atoms with Crippen LogP contribution in [0.5, 0.6) is 0 Å². The van der Waals surface area contributed by atoms with Crippen molar-refractivity contribution < 1.29 is 88.7 Å². The zero-order valence-corrected chi connectivity index (χ0v) is 57.1. The maximum atomic E-state index is 14.7. The van der Waals surface area contributed by atoms with E-state index in [-0.39, 0.29) is 50.3 Å². The first-order valence-corrected chi connectivity index (χ1v) is 35.8. The third-order valence-corrected chi connectivity index (χ3v) is 21.2. The number of methoxy groups -OCH3 is 1. The van der Waals surface area contributed by atoms with Crippen molar-refractivity contribution in [3.8, 4) is 0 Å². The Labute approximate surface area is 531 Å². The molecule has 18 atom stereocenters. The molecule has 3 aliphatic heterocycles. The summed E-state index contributed by atoms with van der Waals surface area (Å²) >= 11 is 0. The third kappa shape index (κ3) is 23.2. The van der Waals surface area contributed by atoms with Crippen molar-refractivity contribution in [3.63, 3.8) is 0 Å². The SMILES string of the molecule is CC[C@H]1OC(=O)[C@H](C)[C@@H](O[C@H]2C[C@@](C)(OC)[C@@H](O)[C@H](C)O2)[C@H](C)[C@@H](O[C@@H]2O[C@H](C)C[C@H](N(C)C)[C@H]2O)[C@](C)(O)C[C@@H](C)CN(C(=O)CCCCCCCCCCCc2ccc([PH+](c3ccccc3)c3ccccc3)cc2)[C@H](C)[C@@H](O)[C@]1(C)O.F[P-](F)(F)(F)(F)F. The summed E-state index contributed by atoms with van der Waals surface area (Å²) in [6, 6.07) is 29.8. The van der Waals surface area contributed by atoms with Crippen LogP contribution in [0, 0.1) is 17.8 Å². The molecule has 0 spiro atoms. The Morgan fingerprint density at radius 2 is 1.23 bits per heavy atom. The minimum atomic E-state index is -10.7. The van der Waals surface area contributed by atoms with E-state index < -0.39 is 118 Å². The van der Waals surface area contributed by atoms with Crippen LogP contribution in [0.25, 0.3) is 0 Å². The van der Waals surface area contributed by atoms with Crippen LogP contribution in [0.3, 0.4) is 0 Å². The van der Waals surface area contributed by atoms with E-state index in [1.807, 2.05) is 32.8 Å². The number of nitrogens with zero attached hydrogens (tertiary/aromatic N) is 2. The number of hydrogen-bond acceptors (Lipinski definition) is 14. The van der Waals surface area contributed by atoms with E-state index in [1.54, 1.807) is 53.4 Å². The number of ether oxygens (including phenoxy) is 6. The number of unbranched alkanes of at least 4 members (excludes halogenated alkanes) is 8. The molecule has 15 nitrogen and oxygen atoms in total. The van der Waals surface area contributed by atoms with Crippen LogP contribution in [-0.4, -0.2) is 165 Å². The molecule has 0 unspecified atom stereocenters. The fourth-order valence-corrected chi connectivity index (χ4v) is 15.9. The molecule has 3 aromatic carbocycles. The van der Waals surface area contributed by atoms with Crippen molar-refractivity contribution in [2.45, 2.75) is 256 Å². The Morgan fingerprint density at radius 3 is 1.74 bits per heavy atom. The molecule has 3 aliphatic rings. The Balaban J connectivity index is 0.00000198. The summed E-state index contributed by atoms with van der Waals surface area (Å²) in [5.41, 5.74) is -3.40. The van der Waals surface area contributed by atoms with Crippen molar-refractivity contribution in [1.29, 1.82) is 0 Å². The summed E-state index contributed by atoms with van der Waals surface area (Å²) in [6.07, 6.45) is 1.32. The molecule has 3 heterocycles. The molecule has 0 aromatic heterocycles. The van der Waals surface area contributed by atoms with Crippen molar-refractivity contribution in [2.24, 2.45) is 17.8 Å². The van der Waals surface area contributed by atoms with Crippen LogP contribution in [0.1, 0.15) is 165 Å². The molecule has 0 bridgehead atoms. The monoisotopic (exact) mass is 1320 g/mol. The first-order chi connectivity index (χ1) is 41.8. The fourth-order valence-electron chi connectivity index (χ4n) is 13.4. The van der Waals surface area contributed by atoms with E-state index in [4.69, 9.17) is 28.4 Å². The number of carbonyl (C=O) groups is 2. The fraction of sp³-hybridized carbons (Fsp3) is 0.701. The minimum absolute atomic E-state index is 0.0767. The number of rotatable bonds is 22. The topological polar surface area (TPSA) is 197 Å². The Morgan fingerprint density at radius 1 is 0.722 bits per heavy atom. The number of esters is 1. The zero-order valence-electron chi connectivity index (χ0n) is 55.2. The second kappa shape index (κ2) is 32.4. The zero-order chi connectivity index (χ0) is 67.2. The summed E-state index contributed by atoms with van der Waals surface area (Å²) in [6.45, 7) is 17.4. The van der Waals surface area contributed by atoms with Gasteiger partial charge in [-0.15, -0.1) is 0 Å². The van der Waals surface area contributed by atoms with Gasteiger partial charge in [0.1, 0.15) is 45.9 Å². The van der Waals surface area contributed by atoms with Gasteiger partial charge in [0.05, 0.1) is 55.5 Å². The van der Waals surface area contributed by atoms with Gasteiger partial charge in [-0.2, -0.15) is 0 Å². The van der Waals surface area contributed by atoms with Crippen molar-refractivity contribution in [3.05, 3.63) is 90.5 Å². The van der Waals surface area contributed by atoms with Gasteiger partial charge in [-0.05, 0) is 149 Å². The van der Waals surface area contributed by atoms with E-state index >= 15 is 0 Å². The summed E-state index contributed by atoms with van der Waals surface area (Å²) in [7, 11) is -6.47. The number of cyclic esters (lactones) is 1. The van der Waals surface area contributed by atoms with E-state index in [1.165, 1.54) is 54.8 Å². The van der Waals surface area contributed by atoms with Gasteiger partial charge in [0.25, 0.3) is 0 Å². The molecule has 0 radical (unpaired) electrons. The van der Waals surface area contributed by atoms with E-state index in [9.17, 15) is 60.3 Å². The molecule has 5 N–H and O–H groups in total. The molecule has 0 saturated carbocycles. The average Bonchev–Trinajstić information content (AvgIpc) is 1.12. The molecule has 3 saturated heterocycles. The predicted molar refractivity (Wildman–Crippen MR) is 343 cm³/mol. The molecule has 514 valence electrons. The summed E-state index contributed by atoms with van der Waals surface area (Å²) < 4.78 is 97.4. The average molecular weight is 1320 g/mol. The summed E-state index contributed by atoms with van der Waals surface area (Å²) in [4.78, 5) is 32.8. The molecule has 6 rings (SSSR count). The summed E-state index contributed by atoms with van der Waals surface area (Å²) in [5.74, 6) is -3.25. The van der Waals surface area contributed by atoms with Gasteiger partial charge in [-0.25, -0.2) is 0 Å². The van der Waals surface area contributed by atoms with Gasteiger partial charge in [0, 0.05) is 38.5 Å². The van der Waals surface area contributed by atoms with Crippen LogP contribution in [-0.2, 0) is 44.4 Å². The molecule has 0 aliphatic carbocycles. The number of hydrogen-bond donors (Lipinski definition) is 5. The van der Waals surface area contributed by atoms with Crippen LogP contribution >= 0.6 is 15.7 Å². The normalized spacial score (nSPS) is 34.3. The van der Waals surface area contributed by atoms with Gasteiger partial charge in [0.2, 0.25) is 5.91 Å². The van der Waals surface area contributed by atoms with Gasteiger partial charge in [0.15, 0.2) is 12.6 Å². The Hall–Kier alpha value is -3.40. The van der Waals surface area contributed by atoms with Gasteiger partial charge >= 0.3 is 39.0 Å². The van der Waals surface area contributed by atoms with Gasteiger partial charge < -0.3 is 63.8 Å². The van der Waals surface area contributed by atoms with E-state index in [0.717, 1.165) is 38.5 Å². The van der Waals surface area contributed by atoms with Gasteiger partial charge in [-0.1, -0.05) is 114 Å². The van der Waals surface area contributed by atoms with Crippen molar-refractivity contribution >= 4 is 43.5 Å². The number of likely N-dealkylation sites (N-methyl/N-ethyl adjacent to an activating group) is 1. The maximum absolute atomic E-state index is 14.7. The van der Waals surface area contributed by atoms with Crippen molar-refractivity contribution in [1.82, 2.24) is 9.80 Å². The molecule has 1 amide bonds. The molecular formula is C67H106F6N2O13P2. The van der Waals surface area contributed by atoms with Crippen LogP contribution in [0.4, 0.5) is 25.2 Å². The number of aliphatic hydroxyl groups excluding tert-OH is 3. The molecule has 3 aromatic rings. The molecular weight excluding hydrogens is 1220 g/mol. The van der Waals surface area contributed by atoms with Crippen LogP contribution in [0.2, 0.25) is 0 Å². The van der Waals surface area contributed by atoms with E-state index in [0.29, 0.717) is 12.8 Å². The number of aryl methyl sites for hydroxylation is 1. The number of amides is 1. The molecule has 90 heavy (non-hydrogen) atoms. The number of halogens is 6. The summed E-state index contributed by atoms with van der Waals surface area (Å²) in [5, 5.41) is 64.6. The van der Waals surface area contributed by atoms with Crippen LogP contribution in [0.15, 0.2) is 84.9 Å². The Kier molecular flexibility index (Phi) is 27.8. The first kappa shape index (κ1) is 77.3. The quantitative estimate of drug-likeness (QED) is 0.0276. The molecule has 23 heteroatoms. The Bertz CT molecular complexity index is 2610. The van der Waals surface area contributed by atoms with Crippen LogP contribution < -0.4 is 15.9 Å². The third-order valence-electron chi connectivity index (χ3n) is 18.5. The standard InChI is InChI=1S/C67H105N2O13P.F6P/c1-14-55-67(10,76)60(72)48(6)69(56(70)35-29-21-19-17-15-16-18-20-24-30-50-36-38-53(39-37-50)83(51-31-25-22-26-32-51)52-33-27-23-28-34-52)43-44(2)41-65(8,75)62(82-64-58(71)54(68(11)12)40-45(3)78-64)46(4)59(47(5)63(74)80-55)81-57-42-66(9,77-13)61(73)49(7)79-57;1-7(2,3,4,5)6/h22-23,25-28,31-34,36-39,44-49,54-55,57-62,64,71-73,75-76H,14-21,24,29-30,35,40-43H2,1-13H3;/q;-1/p+1/t44-,45-,46+,47-,48-,49+,54+,55-,57+,58-,59+,60-,61+,62-,64+,65-,66-,67-;/m1./s1. The number of benzene rings is 3. The number of carbonyl (C=O) groups excluding carboxylic acids is 2. The van der Waals surface area contributed by atoms with Crippen molar-refractivity contribution in [2.75, 3.05) is 27.7 Å². The second-order valence-electron chi connectivity index (χ2n) is 26.7. The first-order valence-electron chi connectivity index (χ1n) is 32.2. The van der Waals surface area contributed by atoms with Gasteiger partial charge in [-0.3, -0.25) is 9.59 Å². The second-order valence-corrected chi connectivity index (χ2v) is 31.1. The molecule has 3 fully saturated rings. The predicted octanol–water partition coefficient (Wildman–Crippen LogP) is 11.8.